The van der Waals surface area contributed by atoms with Crippen molar-refractivity contribution in [3.8, 4) is 0 Å². The van der Waals surface area contributed by atoms with Crippen LogP contribution in [0.5, 0.6) is 0 Å². The van der Waals surface area contributed by atoms with E-state index in [-0.39, 0.29) is 6.04 Å². The lowest BCUT2D eigenvalue weighted by molar-refractivity contribution is -0.145. The highest BCUT2D eigenvalue weighted by molar-refractivity contribution is 5.79. The quantitative estimate of drug-likeness (QED) is 0.815. The van der Waals surface area contributed by atoms with Gasteiger partial charge in [-0.15, -0.1) is 0 Å². The zero-order chi connectivity index (χ0) is 13.6. The van der Waals surface area contributed by atoms with E-state index in [1.807, 2.05) is 13.8 Å². The van der Waals surface area contributed by atoms with Crippen LogP contribution in [0, 0.1) is 5.92 Å². The molecule has 1 aliphatic heterocycles. The maximum absolute atomic E-state index is 11.7. The summed E-state index contributed by atoms with van der Waals surface area (Å²) in [4.78, 5) is 14.3. The van der Waals surface area contributed by atoms with E-state index >= 15 is 0 Å². The number of nitrogens with zero attached hydrogens (tertiary/aromatic N) is 1. The number of hydrogen-bond donors (Lipinski definition) is 2. The van der Waals surface area contributed by atoms with Gasteiger partial charge in [-0.3, -0.25) is 15.0 Å². The van der Waals surface area contributed by atoms with E-state index in [1.165, 1.54) is 25.8 Å². The van der Waals surface area contributed by atoms with E-state index in [9.17, 15) is 9.90 Å². The Morgan fingerprint density at radius 2 is 2.11 bits per heavy atom. The molecule has 1 heterocycles. The van der Waals surface area contributed by atoms with Crippen molar-refractivity contribution in [2.45, 2.75) is 76.0 Å². The zero-order valence-electron chi connectivity index (χ0n) is 12.1. The third-order valence-electron chi connectivity index (χ3n) is 5.38. The van der Waals surface area contributed by atoms with Crippen LogP contribution in [-0.4, -0.2) is 46.2 Å². The molecule has 2 bridgehead atoms. The summed E-state index contributed by atoms with van der Waals surface area (Å²) in [7, 11) is 0. The Balaban J connectivity index is 1.69. The highest BCUT2D eigenvalue weighted by Crippen LogP contribution is 2.43. The van der Waals surface area contributed by atoms with Gasteiger partial charge in [0, 0.05) is 24.7 Å². The second-order valence-electron chi connectivity index (χ2n) is 7.11. The topological polar surface area (TPSA) is 52.6 Å². The molecule has 0 aromatic heterocycles. The van der Waals surface area contributed by atoms with E-state index in [0.29, 0.717) is 6.04 Å². The molecule has 2 N–H and O–H groups in total. The molecule has 0 spiro atoms. The average Bonchev–Trinajstić information content (AvgIpc) is 3.01. The molecule has 3 fully saturated rings. The lowest BCUT2D eigenvalue weighted by atomic mass is 9.95. The summed E-state index contributed by atoms with van der Waals surface area (Å²) >= 11 is 0. The fraction of sp³-hybridized carbons (Fsp3) is 0.933. The molecule has 4 unspecified atom stereocenters. The Hall–Kier alpha value is -0.610. The first-order valence-electron chi connectivity index (χ1n) is 7.77. The highest BCUT2D eigenvalue weighted by atomic mass is 16.4. The number of fused-ring (bicyclic) bond motifs is 2. The number of piperidine rings is 1. The Labute approximate surface area is 115 Å². The molecule has 3 aliphatic rings. The molecule has 4 heteroatoms. The van der Waals surface area contributed by atoms with Crippen molar-refractivity contribution in [1.82, 2.24) is 10.2 Å². The molecular weight excluding hydrogens is 240 g/mol. The molecule has 2 aliphatic carbocycles. The van der Waals surface area contributed by atoms with E-state index in [1.54, 1.807) is 0 Å². The predicted molar refractivity (Wildman–Crippen MR) is 74.1 cm³/mol. The number of carbonyl (C=O) groups is 1. The monoisotopic (exact) mass is 266 g/mol. The minimum Gasteiger partial charge on any atom is -0.480 e. The fourth-order valence-electron chi connectivity index (χ4n) is 4.65. The molecule has 4 atom stereocenters. The van der Waals surface area contributed by atoms with Crippen molar-refractivity contribution < 1.29 is 9.90 Å². The summed E-state index contributed by atoms with van der Waals surface area (Å²) in [6, 6.07) is 1.46. The maximum Gasteiger partial charge on any atom is 0.323 e. The summed E-state index contributed by atoms with van der Waals surface area (Å²) < 4.78 is 0. The molecule has 0 aromatic rings. The Morgan fingerprint density at radius 1 is 1.32 bits per heavy atom. The van der Waals surface area contributed by atoms with Gasteiger partial charge in [-0.1, -0.05) is 0 Å². The number of aliphatic carboxylic acids is 1. The molecule has 0 aromatic carbocycles. The number of likely N-dealkylation sites (tertiary alicyclic amines) is 1. The highest BCUT2D eigenvalue weighted by Gasteiger charge is 2.50. The van der Waals surface area contributed by atoms with Crippen molar-refractivity contribution in [3.63, 3.8) is 0 Å². The van der Waals surface area contributed by atoms with Crippen LogP contribution in [-0.2, 0) is 4.79 Å². The van der Waals surface area contributed by atoms with Gasteiger partial charge in [0.25, 0.3) is 0 Å². The van der Waals surface area contributed by atoms with Gasteiger partial charge in [-0.25, -0.2) is 0 Å². The summed E-state index contributed by atoms with van der Waals surface area (Å²) in [6.07, 6.45) is 6.67. The van der Waals surface area contributed by atoms with Gasteiger partial charge < -0.3 is 5.11 Å². The minimum absolute atomic E-state index is 0.227. The van der Waals surface area contributed by atoms with Crippen molar-refractivity contribution in [1.29, 1.82) is 0 Å². The number of carboxylic acids is 1. The SMILES string of the molecule is CC(C)NC1(C(=O)O)CCC(N2CC3CCC2C3)C1. The van der Waals surface area contributed by atoms with Gasteiger partial charge >= 0.3 is 5.97 Å². The van der Waals surface area contributed by atoms with Crippen LogP contribution in [0.1, 0.15) is 52.4 Å². The third kappa shape index (κ3) is 2.29. The largest absolute Gasteiger partial charge is 0.480 e. The first kappa shape index (κ1) is 13.4. The van der Waals surface area contributed by atoms with Gasteiger partial charge in [-0.05, 0) is 58.3 Å². The number of nitrogens with one attached hydrogen (secondary N) is 1. The molecule has 0 amide bonds. The molecule has 19 heavy (non-hydrogen) atoms. The van der Waals surface area contributed by atoms with Crippen LogP contribution in [0.2, 0.25) is 0 Å². The first-order chi connectivity index (χ1) is 9.00. The lowest BCUT2D eigenvalue weighted by Gasteiger charge is -2.34. The molecular formula is C15H26N2O2. The van der Waals surface area contributed by atoms with Crippen LogP contribution < -0.4 is 5.32 Å². The molecule has 0 radical (unpaired) electrons. The van der Waals surface area contributed by atoms with Gasteiger partial charge in [-0.2, -0.15) is 0 Å². The molecule has 4 nitrogen and oxygen atoms in total. The van der Waals surface area contributed by atoms with Gasteiger partial charge in [0.15, 0.2) is 0 Å². The standard InChI is InChI=1S/C15H26N2O2/c1-10(2)16-15(14(18)19)6-5-13(8-15)17-9-11-3-4-12(17)7-11/h10-13,16H,3-9H2,1-2H3,(H,18,19). The maximum atomic E-state index is 11.7. The van der Waals surface area contributed by atoms with E-state index < -0.39 is 11.5 Å². The van der Waals surface area contributed by atoms with Crippen molar-refractivity contribution in [2.75, 3.05) is 6.54 Å². The Morgan fingerprint density at radius 3 is 2.63 bits per heavy atom. The summed E-state index contributed by atoms with van der Waals surface area (Å²) in [6.45, 7) is 5.29. The van der Waals surface area contributed by atoms with Crippen LogP contribution in [0.15, 0.2) is 0 Å². The zero-order valence-corrected chi connectivity index (χ0v) is 12.1. The van der Waals surface area contributed by atoms with E-state index in [0.717, 1.165) is 31.2 Å². The molecule has 108 valence electrons. The third-order valence-corrected chi connectivity index (χ3v) is 5.38. The molecule has 3 rings (SSSR count). The van der Waals surface area contributed by atoms with Crippen LogP contribution in [0.25, 0.3) is 0 Å². The van der Waals surface area contributed by atoms with E-state index in [4.69, 9.17) is 0 Å². The number of hydrogen-bond acceptors (Lipinski definition) is 3. The van der Waals surface area contributed by atoms with Crippen molar-refractivity contribution >= 4 is 5.97 Å². The smallest absolute Gasteiger partial charge is 0.323 e. The number of carboxylic acid groups (broad SMARTS) is 1. The van der Waals surface area contributed by atoms with Crippen molar-refractivity contribution in [3.05, 3.63) is 0 Å². The summed E-state index contributed by atoms with van der Waals surface area (Å²) in [5.74, 6) is 0.232. The Bertz CT molecular complexity index is 371. The van der Waals surface area contributed by atoms with Crippen LogP contribution in [0.4, 0.5) is 0 Å². The average molecular weight is 266 g/mol. The lowest BCUT2D eigenvalue weighted by Crippen LogP contribution is -2.54. The van der Waals surface area contributed by atoms with Gasteiger partial charge in [0.2, 0.25) is 0 Å². The molecule has 1 saturated heterocycles. The summed E-state index contributed by atoms with van der Waals surface area (Å²) in [5.41, 5.74) is -0.680. The second kappa shape index (κ2) is 4.74. The fourth-order valence-corrected chi connectivity index (χ4v) is 4.65. The second-order valence-corrected chi connectivity index (χ2v) is 7.11. The normalized spacial score (nSPS) is 42.4. The van der Waals surface area contributed by atoms with E-state index in [2.05, 4.69) is 10.2 Å². The van der Waals surface area contributed by atoms with Gasteiger partial charge in [0.1, 0.15) is 5.54 Å². The molecule has 2 saturated carbocycles. The first-order valence-corrected chi connectivity index (χ1v) is 7.77. The van der Waals surface area contributed by atoms with Crippen molar-refractivity contribution in [2.24, 2.45) is 5.92 Å². The van der Waals surface area contributed by atoms with Gasteiger partial charge in [0.05, 0.1) is 0 Å². The Kier molecular flexibility index (Phi) is 3.34. The number of rotatable bonds is 4. The predicted octanol–water partition coefficient (Wildman–Crippen LogP) is 1.84. The minimum atomic E-state index is -0.680. The summed E-state index contributed by atoms with van der Waals surface area (Å²) in [5, 5.41) is 13.0. The van der Waals surface area contributed by atoms with Crippen LogP contribution >= 0.6 is 0 Å². The van der Waals surface area contributed by atoms with Crippen LogP contribution in [0.3, 0.4) is 0 Å².